The normalized spacial score (nSPS) is 19.2. The summed E-state index contributed by atoms with van der Waals surface area (Å²) >= 11 is 1.72. The quantitative estimate of drug-likeness (QED) is 0.884. The van der Waals surface area contributed by atoms with E-state index in [0.717, 1.165) is 30.3 Å². The second kappa shape index (κ2) is 5.61. The summed E-state index contributed by atoms with van der Waals surface area (Å²) in [6.45, 7) is 3.08. The van der Waals surface area contributed by atoms with Crippen LogP contribution in [0, 0.1) is 0 Å². The van der Waals surface area contributed by atoms with Crippen molar-refractivity contribution in [1.29, 1.82) is 0 Å². The van der Waals surface area contributed by atoms with Crippen LogP contribution in [0.4, 0.5) is 0 Å². The first-order chi connectivity index (χ1) is 8.92. The van der Waals surface area contributed by atoms with E-state index in [0.29, 0.717) is 6.04 Å². The molecule has 0 aliphatic carbocycles. The summed E-state index contributed by atoms with van der Waals surface area (Å²) < 4.78 is 0. The van der Waals surface area contributed by atoms with Crippen LogP contribution in [-0.2, 0) is 6.54 Å². The van der Waals surface area contributed by atoms with Gasteiger partial charge >= 0.3 is 0 Å². The lowest BCUT2D eigenvalue weighted by molar-refractivity contribution is 0.543. The van der Waals surface area contributed by atoms with E-state index in [1.807, 2.05) is 6.07 Å². The Morgan fingerprint density at radius 1 is 1.33 bits per heavy atom. The minimum absolute atomic E-state index is 0.604. The molecule has 94 valence electrons. The molecular formula is C14H17N3S. The summed E-state index contributed by atoms with van der Waals surface area (Å²) in [4.78, 5) is 4.68. The maximum absolute atomic E-state index is 4.68. The molecule has 0 amide bonds. The zero-order chi connectivity index (χ0) is 12.2. The molecule has 2 aromatic rings. The second-order valence-electron chi connectivity index (χ2n) is 4.58. The third kappa shape index (κ3) is 2.77. The van der Waals surface area contributed by atoms with Crippen LogP contribution in [-0.4, -0.2) is 24.1 Å². The topological polar surface area (TPSA) is 37.0 Å². The molecule has 1 atom stereocenters. The predicted molar refractivity (Wildman–Crippen MR) is 75.7 cm³/mol. The Morgan fingerprint density at radius 3 is 3.00 bits per heavy atom. The summed E-state index contributed by atoms with van der Waals surface area (Å²) in [6.07, 6.45) is 1.22. The first kappa shape index (κ1) is 11.8. The van der Waals surface area contributed by atoms with Gasteiger partial charge in [-0.3, -0.25) is 0 Å². The molecule has 1 aliphatic rings. The van der Waals surface area contributed by atoms with E-state index in [2.05, 4.69) is 45.3 Å². The van der Waals surface area contributed by atoms with Crippen molar-refractivity contribution in [2.75, 3.05) is 13.1 Å². The van der Waals surface area contributed by atoms with Crippen LogP contribution in [0.2, 0.25) is 0 Å². The molecule has 1 aliphatic heterocycles. The smallest absolute Gasteiger partial charge is 0.123 e. The van der Waals surface area contributed by atoms with E-state index >= 15 is 0 Å². The Balaban J connectivity index is 1.63. The van der Waals surface area contributed by atoms with Crippen molar-refractivity contribution in [1.82, 2.24) is 15.6 Å². The third-order valence-corrected chi connectivity index (χ3v) is 4.14. The van der Waals surface area contributed by atoms with Crippen molar-refractivity contribution in [2.24, 2.45) is 0 Å². The van der Waals surface area contributed by atoms with Gasteiger partial charge in [-0.25, -0.2) is 4.98 Å². The minimum atomic E-state index is 0.604. The van der Waals surface area contributed by atoms with Crippen LogP contribution in [0.1, 0.15) is 12.1 Å². The number of nitrogens with one attached hydrogen (secondary N) is 2. The van der Waals surface area contributed by atoms with Crippen LogP contribution in [0.15, 0.2) is 35.7 Å². The van der Waals surface area contributed by atoms with Gasteiger partial charge in [0.1, 0.15) is 5.01 Å². The van der Waals surface area contributed by atoms with Gasteiger partial charge in [0.05, 0.1) is 5.69 Å². The van der Waals surface area contributed by atoms with Gasteiger partial charge in [0, 0.05) is 30.1 Å². The maximum Gasteiger partial charge on any atom is 0.123 e. The summed E-state index contributed by atoms with van der Waals surface area (Å²) in [5.74, 6) is 0. The van der Waals surface area contributed by atoms with Gasteiger partial charge < -0.3 is 10.6 Å². The summed E-state index contributed by atoms with van der Waals surface area (Å²) in [5.41, 5.74) is 2.35. The second-order valence-corrected chi connectivity index (χ2v) is 5.44. The van der Waals surface area contributed by atoms with Crippen molar-refractivity contribution in [2.45, 2.75) is 19.0 Å². The van der Waals surface area contributed by atoms with Gasteiger partial charge in [0.2, 0.25) is 0 Å². The number of benzene rings is 1. The summed E-state index contributed by atoms with van der Waals surface area (Å²) in [7, 11) is 0. The van der Waals surface area contributed by atoms with Crippen molar-refractivity contribution in [3.63, 3.8) is 0 Å². The lowest BCUT2D eigenvalue weighted by Gasteiger charge is -2.08. The molecule has 1 fully saturated rings. The molecule has 18 heavy (non-hydrogen) atoms. The van der Waals surface area contributed by atoms with Crippen LogP contribution < -0.4 is 10.6 Å². The Hall–Kier alpha value is -1.23. The first-order valence-electron chi connectivity index (χ1n) is 6.36. The molecule has 0 bridgehead atoms. The van der Waals surface area contributed by atoms with Crippen LogP contribution in [0.3, 0.4) is 0 Å². The van der Waals surface area contributed by atoms with E-state index in [1.54, 1.807) is 11.3 Å². The third-order valence-electron chi connectivity index (χ3n) is 3.20. The maximum atomic E-state index is 4.68. The number of thiazole rings is 1. The summed E-state index contributed by atoms with van der Waals surface area (Å²) in [5, 5.41) is 10.2. The average molecular weight is 259 g/mol. The molecule has 1 aromatic heterocycles. The molecule has 0 saturated carbocycles. The van der Waals surface area contributed by atoms with Gasteiger partial charge in [-0.05, 0) is 13.0 Å². The lowest BCUT2D eigenvalue weighted by atomic mass is 10.2. The van der Waals surface area contributed by atoms with Crippen LogP contribution in [0.25, 0.3) is 10.6 Å². The number of hydrogen-bond donors (Lipinski definition) is 2. The van der Waals surface area contributed by atoms with Crippen molar-refractivity contribution in [3.05, 3.63) is 41.4 Å². The standard InChI is InChI=1S/C14H17N3S/c1-2-4-11(5-3-1)14-17-13(10-18-14)9-16-12-6-7-15-8-12/h1-5,10,12,15-16H,6-9H2. The molecule has 4 heteroatoms. The highest BCUT2D eigenvalue weighted by molar-refractivity contribution is 7.13. The molecule has 1 aromatic carbocycles. The van der Waals surface area contributed by atoms with Crippen molar-refractivity contribution in [3.8, 4) is 10.6 Å². The van der Waals surface area contributed by atoms with Gasteiger partial charge in [0.25, 0.3) is 0 Å². The summed E-state index contributed by atoms with van der Waals surface area (Å²) in [6, 6.07) is 11.0. The SMILES string of the molecule is c1ccc(-c2nc(CNC3CCNC3)cs2)cc1. The number of hydrogen-bond acceptors (Lipinski definition) is 4. The highest BCUT2D eigenvalue weighted by Crippen LogP contribution is 2.23. The Bertz CT molecular complexity index is 489. The van der Waals surface area contributed by atoms with E-state index in [-0.39, 0.29) is 0 Å². The van der Waals surface area contributed by atoms with Crippen LogP contribution >= 0.6 is 11.3 Å². The highest BCUT2D eigenvalue weighted by atomic mass is 32.1. The van der Waals surface area contributed by atoms with E-state index in [9.17, 15) is 0 Å². The van der Waals surface area contributed by atoms with Crippen molar-refractivity contribution >= 4 is 11.3 Å². The van der Waals surface area contributed by atoms with Gasteiger partial charge in [-0.2, -0.15) is 0 Å². The van der Waals surface area contributed by atoms with E-state index < -0.39 is 0 Å². The fourth-order valence-corrected chi connectivity index (χ4v) is 3.01. The molecule has 3 nitrogen and oxygen atoms in total. The molecule has 3 rings (SSSR count). The van der Waals surface area contributed by atoms with Crippen LogP contribution in [0.5, 0.6) is 0 Å². The highest BCUT2D eigenvalue weighted by Gasteiger charge is 2.13. The lowest BCUT2D eigenvalue weighted by Crippen LogP contribution is -2.30. The Morgan fingerprint density at radius 2 is 2.22 bits per heavy atom. The zero-order valence-corrected chi connectivity index (χ0v) is 11.0. The fourth-order valence-electron chi connectivity index (χ4n) is 2.18. The Kier molecular flexibility index (Phi) is 3.69. The van der Waals surface area contributed by atoms with E-state index in [1.165, 1.54) is 12.0 Å². The molecule has 0 spiro atoms. The number of rotatable bonds is 4. The molecule has 0 radical (unpaired) electrons. The monoisotopic (exact) mass is 259 g/mol. The minimum Gasteiger partial charge on any atom is -0.315 e. The van der Waals surface area contributed by atoms with E-state index in [4.69, 9.17) is 0 Å². The molecular weight excluding hydrogens is 242 g/mol. The molecule has 1 saturated heterocycles. The van der Waals surface area contributed by atoms with Gasteiger partial charge in [0.15, 0.2) is 0 Å². The Labute approximate surface area is 111 Å². The molecule has 1 unspecified atom stereocenters. The number of nitrogens with zero attached hydrogens (tertiary/aromatic N) is 1. The zero-order valence-electron chi connectivity index (χ0n) is 10.2. The van der Waals surface area contributed by atoms with Gasteiger partial charge in [-0.15, -0.1) is 11.3 Å². The molecule has 2 heterocycles. The average Bonchev–Trinajstić information content (AvgIpc) is 3.09. The number of aromatic nitrogens is 1. The fraction of sp³-hybridized carbons (Fsp3) is 0.357. The van der Waals surface area contributed by atoms with Gasteiger partial charge in [-0.1, -0.05) is 30.3 Å². The largest absolute Gasteiger partial charge is 0.315 e. The first-order valence-corrected chi connectivity index (χ1v) is 7.24. The predicted octanol–water partition coefficient (Wildman–Crippen LogP) is 2.26. The molecule has 2 N–H and O–H groups in total. The van der Waals surface area contributed by atoms with Crippen molar-refractivity contribution < 1.29 is 0 Å².